The lowest BCUT2D eigenvalue weighted by atomic mass is 10.1. The molecule has 1 amide bonds. The molecule has 0 aromatic heterocycles. The molecule has 0 aliphatic carbocycles. The number of carbonyl (C=O) groups is 1. The van der Waals surface area contributed by atoms with Gasteiger partial charge in [-0.15, -0.1) is 0 Å². The minimum atomic E-state index is -0.498. The molecule has 1 rings (SSSR count). The van der Waals surface area contributed by atoms with Crippen molar-refractivity contribution >= 4 is 43.5 Å². The van der Waals surface area contributed by atoms with Crippen LogP contribution in [-0.4, -0.2) is 34.2 Å². The fraction of sp³-hybridized carbons (Fsp3) is 0.462. The Hall–Kier alpha value is -0.950. The van der Waals surface area contributed by atoms with Gasteiger partial charge in [-0.3, -0.25) is 14.9 Å². The van der Waals surface area contributed by atoms with Crippen molar-refractivity contribution in [3.05, 3.63) is 38.3 Å². The van der Waals surface area contributed by atoms with Crippen molar-refractivity contribution in [3.63, 3.8) is 0 Å². The molecule has 20 heavy (non-hydrogen) atoms. The average Bonchev–Trinajstić information content (AvgIpc) is 2.42. The number of hydrogen-bond acceptors (Lipinski definition) is 3. The van der Waals surface area contributed by atoms with Gasteiger partial charge in [-0.1, -0.05) is 45.2 Å². The number of nitro benzene ring substituents is 1. The summed E-state index contributed by atoms with van der Waals surface area (Å²) in [6, 6.07) is 4.32. The van der Waals surface area contributed by atoms with E-state index < -0.39 is 4.92 Å². The standard InChI is InChI=1S/C13H16Br2N2O3/c1-2-3-5-16(6-4-14)13(18)10-7-11(15)9-12(8-10)17(19)20/h7-9H,2-6H2,1H3. The van der Waals surface area contributed by atoms with Crippen LogP contribution >= 0.6 is 31.9 Å². The van der Waals surface area contributed by atoms with Crippen molar-refractivity contribution < 1.29 is 9.72 Å². The van der Waals surface area contributed by atoms with Gasteiger partial charge in [0.15, 0.2) is 0 Å². The minimum Gasteiger partial charge on any atom is -0.338 e. The molecule has 0 fully saturated rings. The Balaban J connectivity index is 3.01. The normalized spacial score (nSPS) is 10.3. The van der Waals surface area contributed by atoms with Gasteiger partial charge in [-0.2, -0.15) is 0 Å². The highest BCUT2D eigenvalue weighted by atomic mass is 79.9. The van der Waals surface area contributed by atoms with Crippen LogP contribution in [0.3, 0.4) is 0 Å². The zero-order chi connectivity index (χ0) is 15.1. The third kappa shape index (κ3) is 4.86. The van der Waals surface area contributed by atoms with Crippen LogP contribution in [-0.2, 0) is 0 Å². The van der Waals surface area contributed by atoms with Crippen LogP contribution in [0.15, 0.2) is 22.7 Å². The molecule has 1 aromatic rings. The molecule has 1 aromatic carbocycles. The Morgan fingerprint density at radius 3 is 2.60 bits per heavy atom. The molecular formula is C13H16Br2N2O3. The maximum absolute atomic E-state index is 12.4. The van der Waals surface area contributed by atoms with E-state index in [1.165, 1.54) is 12.1 Å². The van der Waals surface area contributed by atoms with Gasteiger partial charge < -0.3 is 4.90 Å². The van der Waals surface area contributed by atoms with E-state index in [0.717, 1.165) is 12.8 Å². The number of unbranched alkanes of at least 4 members (excludes halogenated alkanes) is 1. The molecule has 5 nitrogen and oxygen atoms in total. The summed E-state index contributed by atoms with van der Waals surface area (Å²) < 4.78 is 0.532. The summed E-state index contributed by atoms with van der Waals surface area (Å²) in [5.41, 5.74) is 0.250. The highest BCUT2D eigenvalue weighted by molar-refractivity contribution is 9.10. The first-order chi connectivity index (χ1) is 9.49. The van der Waals surface area contributed by atoms with Crippen LogP contribution in [0.2, 0.25) is 0 Å². The fourth-order valence-electron chi connectivity index (χ4n) is 1.75. The van der Waals surface area contributed by atoms with Gasteiger partial charge in [0.1, 0.15) is 0 Å². The van der Waals surface area contributed by atoms with Crippen LogP contribution in [0.1, 0.15) is 30.1 Å². The number of nitro groups is 1. The third-order valence-electron chi connectivity index (χ3n) is 2.76. The lowest BCUT2D eigenvalue weighted by molar-refractivity contribution is -0.385. The summed E-state index contributed by atoms with van der Waals surface area (Å²) >= 11 is 6.53. The molecule has 0 saturated heterocycles. The lowest BCUT2D eigenvalue weighted by Crippen LogP contribution is -2.33. The number of benzene rings is 1. The summed E-state index contributed by atoms with van der Waals surface area (Å²) in [6.07, 6.45) is 1.90. The molecule has 0 radical (unpaired) electrons. The second-order valence-corrected chi connectivity index (χ2v) is 6.00. The SMILES string of the molecule is CCCCN(CCBr)C(=O)c1cc(Br)cc([N+](=O)[O-])c1. The lowest BCUT2D eigenvalue weighted by Gasteiger charge is -2.21. The van der Waals surface area contributed by atoms with Crippen molar-refractivity contribution in [2.45, 2.75) is 19.8 Å². The molecule has 0 spiro atoms. The summed E-state index contributed by atoms with van der Waals surface area (Å²) in [4.78, 5) is 24.5. The van der Waals surface area contributed by atoms with Gasteiger partial charge in [-0.05, 0) is 12.5 Å². The van der Waals surface area contributed by atoms with E-state index in [1.807, 2.05) is 0 Å². The molecule has 0 N–H and O–H groups in total. The highest BCUT2D eigenvalue weighted by Gasteiger charge is 2.18. The first-order valence-corrected chi connectivity index (χ1v) is 8.21. The van der Waals surface area contributed by atoms with Crippen LogP contribution < -0.4 is 0 Å². The Bertz CT molecular complexity index is 495. The van der Waals surface area contributed by atoms with Crippen molar-refractivity contribution in [3.8, 4) is 0 Å². The molecule has 110 valence electrons. The summed E-state index contributed by atoms with van der Waals surface area (Å²) in [5, 5.41) is 11.5. The number of alkyl halides is 1. The average molecular weight is 408 g/mol. The van der Waals surface area contributed by atoms with Crippen LogP contribution in [0.5, 0.6) is 0 Å². The highest BCUT2D eigenvalue weighted by Crippen LogP contribution is 2.22. The van der Waals surface area contributed by atoms with E-state index in [0.29, 0.717) is 28.5 Å². The molecule has 0 unspecified atom stereocenters. The molecule has 0 atom stereocenters. The Labute approximate surface area is 134 Å². The maximum atomic E-state index is 12.4. The Kier molecular flexibility index (Phi) is 7.15. The van der Waals surface area contributed by atoms with Crippen molar-refractivity contribution in [2.24, 2.45) is 0 Å². The van der Waals surface area contributed by atoms with Crippen LogP contribution in [0.25, 0.3) is 0 Å². The van der Waals surface area contributed by atoms with Crippen LogP contribution in [0, 0.1) is 10.1 Å². The van der Waals surface area contributed by atoms with E-state index in [-0.39, 0.29) is 11.6 Å². The van der Waals surface area contributed by atoms with Crippen molar-refractivity contribution in [1.29, 1.82) is 0 Å². The van der Waals surface area contributed by atoms with Crippen LogP contribution in [0.4, 0.5) is 5.69 Å². The molecule has 0 aliphatic rings. The summed E-state index contributed by atoms with van der Waals surface area (Å²) in [7, 11) is 0. The van der Waals surface area contributed by atoms with Gasteiger partial charge in [0.25, 0.3) is 11.6 Å². The predicted molar refractivity (Wildman–Crippen MR) is 85.4 cm³/mol. The number of amides is 1. The topological polar surface area (TPSA) is 63.5 Å². The van der Waals surface area contributed by atoms with Crippen molar-refractivity contribution in [1.82, 2.24) is 4.90 Å². The van der Waals surface area contributed by atoms with E-state index in [2.05, 4.69) is 38.8 Å². The molecule has 0 saturated carbocycles. The van der Waals surface area contributed by atoms with E-state index in [4.69, 9.17) is 0 Å². The first kappa shape index (κ1) is 17.1. The number of nitrogens with zero attached hydrogens (tertiary/aromatic N) is 2. The van der Waals surface area contributed by atoms with E-state index in [1.54, 1.807) is 11.0 Å². The first-order valence-electron chi connectivity index (χ1n) is 6.29. The quantitative estimate of drug-likeness (QED) is 0.390. The van der Waals surface area contributed by atoms with Gasteiger partial charge >= 0.3 is 0 Å². The molecule has 0 heterocycles. The van der Waals surface area contributed by atoms with E-state index >= 15 is 0 Å². The predicted octanol–water partition coefficient (Wildman–Crippen LogP) is 3.99. The maximum Gasteiger partial charge on any atom is 0.271 e. The van der Waals surface area contributed by atoms with E-state index in [9.17, 15) is 14.9 Å². The monoisotopic (exact) mass is 406 g/mol. The number of halogens is 2. The van der Waals surface area contributed by atoms with Gasteiger partial charge in [0.05, 0.1) is 4.92 Å². The van der Waals surface area contributed by atoms with Gasteiger partial charge in [0, 0.05) is 40.6 Å². The van der Waals surface area contributed by atoms with Gasteiger partial charge in [-0.25, -0.2) is 0 Å². The smallest absolute Gasteiger partial charge is 0.271 e. The number of non-ortho nitro benzene ring substituents is 1. The summed E-state index contributed by atoms with van der Waals surface area (Å²) in [6.45, 7) is 3.29. The summed E-state index contributed by atoms with van der Waals surface area (Å²) in [5.74, 6) is -0.178. The zero-order valence-corrected chi connectivity index (χ0v) is 14.3. The zero-order valence-electron chi connectivity index (χ0n) is 11.1. The minimum absolute atomic E-state index is 0.0861. The fourth-order valence-corrected chi connectivity index (χ4v) is 2.66. The molecule has 0 aliphatic heterocycles. The number of hydrogen-bond donors (Lipinski definition) is 0. The second kappa shape index (κ2) is 8.36. The number of rotatable bonds is 7. The van der Waals surface area contributed by atoms with Gasteiger partial charge in [0.2, 0.25) is 0 Å². The van der Waals surface area contributed by atoms with Crippen molar-refractivity contribution in [2.75, 3.05) is 18.4 Å². The molecule has 0 bridgehead atoms. The molecule has 7 heteroatoms. The molecular weight excluding hydrogens is 392 g/mol. The Morgan fingerprint density at radius 2 is 2.05 bits per heavy atom. The Morgan fingerprint density at radius 1 is 1.35 bits per heavy atom. The number of carbonyl (C=O) groups excluding carboxylic acids is 1. The third-order valence-corrected chi connectivity index (χ3v) is 3.58. The second-order valence-electron chi connectivity index (χ2n) is 4.29. The largest absolute Gasteiger partial charge is 0.338 e.